The number of hydrogen-bond acceptors (Lipinski definition) is 0. The van der Waals surface area contributed by atoms with Gasteiger partial charge in [0.1, 0.15) is 0 Å². The van der Waals surface area contributed by atoms with Crippen molar-refractivity contribution in [3.8, 4) is 0 Å². The largest absolute Gasteiger partial charge is 0 e. The molecule has 0 atom stereocenters. The summed E-state index contributed by atoms with van der Waals surface area (Å²) in [5.41, 5.74) is 0. The minimum Gasteiger partial charge on any atom is 0 e. The third-order valence-electron chi connectivity index (χ3n) is 0. The summed E-state index contributed by atoms with van der Waals surface area (Å²) in [4.78, 5) is 0. The fraction of sp³-hybridized carbons (Fsp3) is 0. The summed E-state index contributed by atoms with van der Waals surface area (Å²) in [6, 6.07) is 0. The Hall–Kier alpha value is 2.35. The second-order valence-corrected chi connectivity index (χ2v) is 0. The van der Waals surface area contributed by atoms with Crippen LogP contribution >= 0.6 is 0 Å². The van der Waals surface area contributed by atoms with Crippen molar-refractivity contribution in [2.24, 2.45) is 0 Å². The summed E-state index contributed by atoms with van der Waals surface area (Å²) in [6.07, 6.45) is 0. The maximum Gasteiger partial charge on any atom is 0 e. The third kappa shape index (κ3) is 21.8. The van der Waals surface area contributed by atoms with Crippen molar-refractivity contribution >= 4 is 76.6 Å². The molecule has 0 amide bonds. The van der Waals surface area contributed by atoms with Gasteiger partial charge in [-0.25, -0.2) is 0 Å². The SMILES string of the molecule is [B].[B].[B].[K].[Mn]. The zero-order chi connectivity index (χ0) is 0. The van der Waals surface area contributed by atoms with Crippen LogP contribution in [0.3, 0.4) is 0 Å². The minimum absolute atomic E-state index is 0. The van der Waals surface area contributed by atoms with Gasteiger partial charge in [0.05, 0.1) is 0 Å². The van der Waals surface area contributed by atoms with Crippen molar-refractivity contribution in [3.63, 3.8) is 0 Å². The molecule has 0 rings (SSSR count). The van der Waals surface area contributed by atoms with Gasteiger partial charge in [-0.05, 0) is 0 Å². The second kappa shape index (κ2) is 32.9. The smallest absolute Gasteiger partial charge is 0 e. The molecule has 0 N–H and O–H groups in total. The van der Waals surface area contributed by atoms with Gasteiger partial charge >= 0.3 is 0 Å². The Morgan fingerprint density at radius 1 is 0.600 bits per heavy atom. The Labute approximate surface area is 91.9 Å². The van der Waals surface area contributed by atoms with Gasteiger partial charge in [0.15, 0.2) is 0 Å². The Bertz CT molecular complexity index is 6.85. The average Bonchev–Trinajstić information content (AvgIpc) is 0. The molecule has 0 saturated heterocycles. The molecule has 0 fully saturated rings. The molecule has 0 aliphatic heterocycles. The molecule has 0 bridgehead atoms. The van der Waals surface area contributed by atoms with Gasteiger partial charge in [-0.2, -0.15) is 0 Å². The van der Waals surface area contributed by atoms with Crippen LogP contribution < -0.4 is 0 Å². The van der Waals surface area contributed by atoms with Gasteiger partial charge in [-0.1, -0.05) is 0 Å². The molecule has 0 aliphatic rings. The first kappa shape index (κ1) is 53.7. The van der Waals surface area contributed by atoms with E-state index < -0.39 is 0 Å². The molecule has 0 aromatic rings. The van der Waals surface area contributed by atoms with E-state index in [0.717, 1.165) is 0 Å². The zero-order valence-electron chi connectivity index (χ0n) is 3.11. The van der Waals surface area contributed by atoms with Crippen LogP contribution in [0.25, 0.3) is 0 Å². The van der Waals surface area contributed by atoms with E-state index in [0.29, 0.717) is 0 Å². The van der Waals surface area contributed by atoms with Gasteiger partial charge in [0.2, 0.25) is 0 Å². The maximum absolute atomic E-state index is 0. The Kier molecular flexibility index (Phi) is 353. The molecular weight excluding hydrogens is 126 g/mol. The molecule has 0 aromatic heterocycles. The fourth-order valence-corrected chi connectivity index (χ4v) is 0. The molecule has 0 aliphatic carbocycles. The van der Waals surface area contributed by atoms with E-state index in [9.17, 15) is 0 Å². The molecule has 0 aromatic carbocycles. The quantitative estimate of drug-likeness (QED) is 0.346. The Morgan fingerprint density at radius 2 is 0.600 bits per heavy atom. The summed E-state index contributed by atoms with van der Waals surface area (Å²) >= 11 is 0. The van der Waals surface area contributed by atoms with Crippen LogP contribution in [0.5, 0.6) is 0 Å². The van der Waals surface area contributed by atoms with Crippen LogP contribution in [0, 0.1) is 0 Å². The molecule has 0 heterocycles. The maximum atomic E-state index is 0. The van der Waals surface area contributed by atoms with Crippen LogP contribution in [0.2, 0.25) is 0 Å². The predicted octanol–water partition coefficient (Wildman–Crippen LogP) is -1.53. The van der Waals surface area contributed by atoms with Gasteiger partial charge < -0.3 is 0 Å². The van der Waals surface area contributed by atoms with Crippen LogP contribution in [-0.2, 0) is 17.1 Å². The summed E-state index contributed by atoms with van der Waals surface area (Å²) in [6.45, 7) is 0. The van der Waals surface area contributed by atoms with Gasteiger partial charge in [-0.3, -0.25) is 0 Å². The fourth-order valence-electron chi connectivity index (χ4n) is 0. The average molecular weight is 126 g/mol. The first-order chi connectivity index (χ1) is 0. The van der Waals surface area contributed by atoms with Crippen LogP contribution in [-0.4, -0.2) is 76.6 Å². The van der Waals surface area contributed by atoms with Crippen LogP contribution in [0.4, 0.5) is 0 Å². The number of rotatable bonds is 0. The first-order valence-electron chi connectivity index (χ1n) is 0. The molecule has 0 nitrogen and oxygen atoms in total. The summed E-state index contributed by atoms with van der Waals surface area (Å²) in [5, 5.41) is 0. The minimum atomic E-state index is 0. The van der Waals surface area contributed by atoms with E-state index in [4.69, 9.17) is 0 Å². The molecular formula is B3KMn. The van der Waals surface area contributed by atoms with E-state index in [1.807, 2.05) is 0 Å². The monoisotopic (exact) mass is 127 g/mol. The second-order valence-electron chi connectivity index (χ2n) is 0. The first-order valence-corrected chi connectivity index (χ1v) is 0. The van der Waals surface area contributed by atoms with Gasteiger partial charge in [-0.15, -0.1) is 0 Å². The normalized spacial score (nSPS) is 0. The Morgan fingerprint density at radius 3 is 0.600 bits per heavy atom. The summed E-state index contributed by atoms with van der Waals surface area (Å²) in [5.74, 6) is 0. The third-order valence-corrected chi connectivity index (χ3v) is 0. The van der Waals surface area contributed by atoms with E-state index in [-0.39, 0.29) is 93.7 Å². The van der Waals surface area contributed by atoms with E-state index >= 15 is 0 Å². The topological polar surface area (TPSA) is 0 Å². The number of hydrogen-bond donors (Lipinski definition) is 0. The van der Waals surface area contributed by atoms with Crippen LogP contribution in [0.1, 0.15) is 0 Å². The molecule has 17 valence electrons. The summed E-state index contributed by atoms with van der Waals surface area (Å²) < 4.78 is 0. The standard InChI is InChI=1S/3B.K.Mn. The predicted molar refractivity (Wildman–Crippen MR) is 23.0 cm³/mol. The van der Waals surface area contributed by atoms with Crippen molar-refractivity contribution < 1.29 is 17.1 Å². The van der Waals surface area contributed by atoms with Crippen molar-refractivity contribution in [2.45, 2.75) is 0 Å². The van der Waals surface area contributed by atoms with Gasteiger partial charge in [0.25, 0.3) is 0 Å². The molecule has 0 unspecified atom stereocenters. The van der Waals surface area contributed by atoms with E-state index in [1.54, 1.807) is 0 Å². The Balaban J connectivity index is 0. The van der Waals surface area contributed by atoms with E-state index in [1.165, 1.54) is 0 Å². The molecule has 5 heavy (non-hydrogen) atoms. The van der Waals surface area contributed by atoms with Crippen molar-refractivity contribution in [1.82, 2.24) is 0 Å². The van der Waals surface area contributed by atoms with Crippen molar-refractivity contribution in [3.05, 3.63) is 0 Å². The molecule has 5 heteroatoms. The van der Waals surface area contributed by atoms with Crippen molar-refractivity contribution in [2.75, 3.05) is 0 Å². The summed E-state index contributed by atoms with van der Waals surface area (Å²) in [7, 11) is 0. The van der Waals surface area contributed by atoms with E-state index in [2.05, 4.69) is 0 Å². The zero-order valence-corrected chi connectivity index (χ0v) is 7.41. The van der Waals surface area contributed by atoms with Crippen LogP contribution in [0.15, 0.2) is 0 Å². The molecule has 0 spiro atoms. The molecule has 11 radical (unpaired) electrons. The molecule has 0 saturated carbocycles. The van der Waals surface area contributed by atoms with Gasteiger partial charge in [0, 0.05) is 93.7 Å². The van der Waals surface area contributed by atoms with Crippen molar-refractivity contribution in [1.29, 1.82) is 0 Å².